The zero-order valence-corrected chi connectivity index (χ0v) is 18.4. The lowest BCUT2D eigenvalue weighted by Gasteiger charge is -2.27. The molecule has 0 saturated carbocycles. The first kappa shape index (κ1) is 23.4. The summed E-state index contributed by atoms with van der Waals surface area (Å²) in [5.41, 5.74) is 6.10. The van der Waals surface area contributed by atoms with E-state index < -0.39 is 11.2 Å². The van der Waals surface area contributed by atoms with Gasteiger partial charge in [0.05, 0.1) is 6.54 Å². The van der Waals surface area contributed by atoms with Gasteiger partial charge in [0.1, 0.15) is 5.82 Å². The minimum absolute atomic E-state index is 0.0163. The van der Waals surface area contributed by atoms with Crippen LogP contribution in [-0.4, -0.2) is 28.5 Å². The van der Waals surface area contributed by atoms with Crippen molar-refractivity contribution in [3.05, 3.63) is 56.7 Å². The number of carbonyl (C=O) groups excluding carboxylic acids is 1. The van der Waals surface area contributed by atoms with Crippen molar-refractivity contribution in [3.63, 3.8) is 0 Å². The first-order valence-electron chi connectivity index (χ1n) is 10.3. The minimum atomic E-state index is -0.650. The molecular weight excluding hydrogens is 382 g/mol. The van der Waals surface area contributed by atoms with Crippen LogP contribution in [0.5, 0.6) is 0 Å². The van der Waals surface area contributed by atoms with E-state index in [1.54, 1.807) is 0 Å². The molecule has 1 aromatic heterocycles. The molecule has 1 heterocycles. The molecule has 0 radical (unpaired) electrons. The Morgan fingerprint density at radius 2 is 1.73 bits per heavy atom. The number of hydrogen-bond donors (Lipinski definition) is 3. The van der Waals surface area contributed by atoms with E-state index in [0.29, 0.717) is 13.1 Å². The van der Waals surface area contributed by atoms with Gasteiger partial charge in [-0.1, -0.05) is 58.0 Å². The molecule has 2 aromatic rings. The number of aromatic nitrogens is 2. The number of nitrogens with two attached hydrogens (primary N) is 1. The molecule has 0 spiro atoms. The summed E-state index contributed by atoms with van der Waals surface area (Å²) >= 11 is 0. The van der Waals surface area contributed by atoms with E-state index in [4.69, 9.17) is 5.73 Å². The number of amides is 1. The predicted octanol–water partition coefficient (Wildman–Crippen LogP) is 2.11. The van der Waals surface area contributed by atoms with Crippen LogP contribution < -0.4 is 27.2 Å². The zero-order valence-electron chi connectivity index (χ0n) is 18.4. The molecule has 2 rings (SSSR count). The molecule has 1 amide bonds. The summed E-state index contributed by atoms with van der Waals surface area (Å²) in [6.45, 7) is 10.5. The second kappa shape index (κ2) is 10.2. The highest BCUT2D eigenvalue weighted by Crippen LogP contribution is 2.19. The Bertz CT molecular complexity index is 963. The standard InChI is InChI=1S/C22H33N5O3/c1-14(2)12-26(18(28)11-24-16(5)17-9-7-6-8-10-17)19-20(23)27(13-15(3)4)22(30)25-21(19)29/h6-10,14-16,24H,11-13,23H2,1-5H3,(H,25,29,30). The average molecular weight is 416 g/mol. The van der Waals surface area contributed by atoms with Gasteiger partial charge in [0.15, 0.2) is 5.69 Å². The largest absolute Gasteiger partial charge is 0.383 e. The van der Waals surface area contributed by atoms with Crippen molar-refractivity contribution in [2.75, 3.05) is 23.7 Å². The van der Waals surface area contributed by atoms with Crippen molar-refractivity contribution in [3.8, 4) is 0 Å². The monoisotopic (exact) mass is 415 g/mol. The third-order valence-corrected chi connectivity index (χ3v) is 4.74. The average Bonchev–Trinajstić information content (AvgIpc) is 2.68. The molecule has 1 aromatic carbocycles. The Balaban J connectivity index is 2.34. The van der Waals surface area contributed by atoms with Crippen LogP contribution in [0.25, 0.3) is 0 Å². The number of H-pyrrole nitrogens is 1. The van der Waals surface area contributed by atoms with Crippen molar-refractivity contribution in [1.82, 2.24) is 14.9 Å². The molecule has 8 nitrogen and oxygen atoms in total. The molecule has 0 saturated heterocycles. The smallest absolute Gasteiger partial charge is 0.330 e. The third-order valence-electron chi connectivity index (χ3n) is 4.74. The van der Waals surface area contributed by atoms with Gasteiger partial charge in [-0.15, -0.1) is 0 Å². The molecule has 4 N–H and O–H groups in total. The van der Waals surface area contributed by atoms with Gasteiger partial charge in [0.2, 0.25) is 5.91 Å². The summed E-state index contributed by atoms with van der Waals surface area (Å²) in [5.74, 6) is -0.0165. The number of rotatable bonds is 9. The Morgan fingerprint density at radius 3 is 2.30 bits per heavy atom. The minimum Gasteiger partial charge on any atom is -0.383 e. The maximum atomic E-state index is 13.1. The van der Waals surface area contributed by atoms with E-state index in [0.717, 1.165) is 5.56 Å². The van der Waals surface area contributed by atoms with Crippen LogP contribution in [0.1, 0.15) is 46.2 Å². The van der Waals surface area contributed by atoms with Gasteiger partial charge in [-0.3, -0.25) is 19.1 Å². The lowest BCUT2D eigenvalue weighted by atomic mass is 10.1. The zero-order chi connectivity index (χ0) is 22.4. The fraction of sp³-hybridized carbons (Fsp3) is 0.500. The molecule has 0 aliphatic carbocycles. The molecule has 1 atom stereocenters. The van der Waals surface area contributed by atoms with E-state index in [2.05, 4.69) is 10.3 Å². The Hall–Kier alpha value is -2.87. The fourth-order valence-corrected chi connectivity index (χ4v) is 3.26. The van der Waals surface area contributed by atoms with Gasteiger partial charge in [0.25, 0.3) is 5.56 Å². The number of nitrogen functional groups attached to an aromatic ring is 1. The molecular formula is C22H33N5O3. The maximum Gasteiger partial charge on any atom is 0.330 e. The van der Waals surface area contributed by atoms with E-state index >= 15 is 0 Å². The van der Waals surface area contributed by atoms with Gasteiger partial charge < -0.3 is 16.0 Å². The summed E-state index contributed by atoms with van der Waals surface area (Å²) in [4.78, 5) is 41.7. The summed E-state index contributed by atoms with van der Waals surface area (Å²) in [5, 5.41) is 3.21. The number of benzene rings is 1. The Labute approximate surface area is 177 Å². The highest BCUT2D eigenvalue weighted by molar-refractivity contribution is 5.96. The summed E-state index contributed by atoms with van der Waals surface area (Å²) in [7, 11) is 0. The molecule has 0 aliphatic rings. The topological polar surface area (TPSA) is 113 Å². The van der Waals surface area contributed by atoms with Gasteiger partial charge in [0, 0.05) is 19.1 Å². The van der Waals surface area contributed by atoms with Crippen molar-refractivity contribution in [1.29, 1.82) is 0 Å². The predicted molar refractivity (Wildman–Crippen MR) is 121 cm³/mol. The van der Waals surface area contributed by atoms with Crippen molar-refractivity contribution >= 4 is 17.4 Å². The molecule has 0 bridgehead atoms. The number of aromatic amines is 1. The van der Waals surface area contributed by atoms with Gasteiger partial charge in [-0.25, -0.2) is 4.79 Å². The number of anilines is 2. The van der Waals surface area contributed by atoms with Crippen molar-refractivity contribution < 1.29 is 4.79 Å². The second-order valence-electron chi connectivity index (χ2n) is 8.41. The van der Waals surface area contributed by atoms with E-state index in [1.165, 1.54) is 9.47 Å². The van der Waals surface area contributed by atoms with E-state index in [9.17, 15) is 14.4 Å². The summed E-state index contributed by atoms with van der Waals surface area (Å²) in [6.07, 6.45) is 0. The lowest BCUT2D eigenvalue weighted by molar-refractivity contribution is -0.118. The molecule has 1 unspecified atom stereocenters. The number of nitrogens with zero attached hydrogens (tertiary/aromatic N) is 2. The van der Waals surface area contributed by atoms with Crippen molar-refractivity contribution in [2.24, 2.45) is 11.8 Å². The molecule has 0 aliphatic heterocycles. The van der Waals surface area contributed by atoms with Gasteiger partial charge >= 0.3 is 5.69 Å². The fourth-order valence-electron chi connectivity index (χ4n) is 3.26. The highest BCUT2D eigenvalue weighted by atomic mass is 16.2. The number of hydrogen-bond acceptors (Lipinski definition) is 5. The SMILES string of the molecule is CC(C)CN(C(=O)CNC(C)c1ccccc1)c1c(N)n(CC(C)C)c(=O)[nH]c1=O. The van der Waals surface area contributed by atoms with Crippen LogP contribution >= 0.6 is 0 Å². The normalized spacial score (nSPS) is 12.4. The summed E-state index contributed by atoms with van der Waals surface area (Å²) < 4.78 is 1.32. The molecule has 8 heteroatoms. The number of nitrogens with one attached hydrogen (secondary N) is 2. The van der Waals surface area contributed by atoms with Crippen LogP contribution in [0.15, 0.2) is 39.9 Å². The summed E-state index contributed by atoms with van der Waals surface area (Å²) in [6, 6.07) is 9.75. The van der Waals surface area contributed by atoms with Crippen LogP contribution in [-0.2, 0) is 11.3 Å². The van der Waals surface area contributed by atoms with Gasteiger partial charge in [-0.05, 0) is 24.3 Å². The maximum absolute atomic E-state index is 13.1. The van der Waals surface area contributed by atoms with E-state index in [1.807, 2.05) is 65.0 Å². The third kappa shape index (κ3) is 5.82. The molecule has 164 valence electrons. The highest BCUT2D eigenvalue weighted by Gasteiger charge is 2.25. The second-order valence-corrected chi connectivity index (χ2v) is 8.41. The van der Waals surface area contributed by atoms with Crippen LogP contribution in [0, 0.1) is 11.8 Å². The number of carbonyl (C=O) groups is 1. The van der Waals surface area contributed by atoms with Crippen LogP contribution in [0.3, 0.4) is 0 Å². The van der Waals surface area contributed by atoms with Gasteiger partial charge in [-0.2, -0.15) is 0 Å². The lowest BCUT2D eigenvalue weighted by Crippen LogP contribution is -2.46. The molecule has 0 fully saturated rings. The first-order chi connectivity index (χ1) is 14.1. The van der Waals surface area contributed by atoms with Crippen LogP contribution in [0.2, 0.25) is 0 Å². The van der Waals surface area contributed by atoms with E-state index in [-0.39, 0.29) is 41.8 Å². The quantitative estimate of drug-likeness (QED) is 0.581. The Morgan fingerprint density at radius 1 is 1.10 bits per heavy atom. The molecule has 30 heavy (non-hydrogen) atoms. The van der Waals surface area contributed by atoms with Crippen molar-refractivity contribution in [2.45, 2.75) is 47.2 Å². The first-order valence-corrected chi connectivity index (χ1v) is 10.3. The van der Waals surface area contributed by atoms with Crippen LogP contribution in [0.4, 0.5) is 11.5 Å². The Kier molecular flexibility index (Phi) is 8.00.